The van der Waals surface area contributed by atoms with Crippen LogP contribution in [0.25, 0.3) is 77.2 Å². The van der Waals surface area contributed by atoms with Gasteiger partial charge in [0.25, 0.3) is 0 Å². The fourth-order valence-corrected chi connectivity index (χ4v) is 6.15. The van der Waals surface area contributed by atoms with Gasteiger partial charge in [0.1, 0.15) is 0 Å². The summed E-state index contributed by atoms with van der Waals surface area (Å²) in [6, 6.07) is 53.2. The van der Waals surface area contributed by atoms with Crippen molar-refractivity contribution in [1.29, 1.82) is 0 Å². The first-order valence-corrected chi connectivity index (χ1v) is 13.2. The first kappa shape index (κ1) is 21.2. The molecule has 0 aliphatic heterocycles. The molecule has 0 heteroatoms. The van der Waals surface area contributed by atoms with Gasteiger partial charge in [-0.3, -0.25) is 0 Å². The standard InChI is InChI=1S/C38H24/c1-2-8-28-24-31(20-17-25(28)7-1)30-10-5-9-29(23-30)26-15-18-27(19-16-26)32-21-22-37-34-12-4-3-11-33(34)36-14-6-13-35(32)38(36)37/h1-24H. The van der Waals surface area contributed by atoms with E-state index >= 15 is 0 Å². The molecular weight excluding hydrogens is 456 g/mol. The zero-order valence-electron chi connectivity index (χ0n) is 20.9. The summed E-state index contributed by atoms with van der Waals surface area (Å²) in [4.78, 5) is 0. The van der Waals surface area contributed by atoms with Crippen LogP contribution in [0.4, 0.5) is 0 Å². The van der Waals surface area contributed by atoms with Crippen LogP contribution in [-0.2, 0) is 0 Å². The molecule has 0 bridgehead atoms. The molecule has 0 spiro atoms. The van der Waals surface area contributed by atoms with Gasteiger partial charge in [0.15, 0.2) is 0 Å². The molecular formula is C38H24. The molecule has 0 N–H and O–H groups in total. The van der Waals surface area contributed by atoms with E-state index < -0.39 is 0 Å². The summed E-state index contributed by atoms with van der Waals surface area (Å²) < 4.78 is 0. The molecule has 0 aromatic heterocycles. The van der Waals surface area contributed by atoms with E-state index in [9.17, 15) is 0 Å². The van der Waals surface area contributed by atoms with E-state index in [0.29, 0.717) is 0 Å². The maximum atomic E-state index is 2.30. The van der Waals surface area contributed by atoms with Gasteiger partial charge in [0.05, 0.1) is 0 Å². The largest absolute Gasteiger partial charge is 0.0616 e. The molecule has 0 saturated carbocycles. The highest BCUT2D eigenvalue weighted by molar-refractivity contribution is 6.18. The highest BCUT2D eigenvalue weighted by Gasteiger charge is 2.22. The van der Waals surface area contributed by atoms with Crippen molar-refractivity contribution in [2.75, 3.05) is 0 Å². The van der Waals surface area contributed by atoms with Crippen molar-refractivity contribution in [3.05, 3.63) is 146 Å². The molecule has 1 aliphatic carbocycles. The Morgan fingerprint density at radius 3 is 1.63 bits per heavy atom. The number of fused-ring (bicyclic) bond motifs is 4. The molecule has 0 radical (unpaired) electrons. The van der Waals surface area contributed by atoms with E-state index in [1.54, 1.807) is 0 Å². The molecule has 38 heavy (non-hydrogen) atoms. The Labute approximate surface area is 222 Å². The Balaban J connectivity index is 1.17. The Morgan fingerprint density at radius 2 is 0.816 bits per heavy atom. The van der Waals surface area contributed by atoms with Crippen LogP contribution in [0.2, 0.25) is 0 Å². The first-order chi connectivity index (χ1) is 18.8. The molecule has 7 aromatic carbocycles. The average Bonchev–Trinajstić information content (AvgIpc) is 3.32. The van der Waals surface area contributed by atoms with E-state index in [0.717, 1.165) is 0 Å². The second-order valence-electron chi connectivity index (χ2n) is 10.2. The lowest BCUT2D eigenvalue weighted by atomic mass is 9.93. The predicted octanol–water partition coefficient (Wildman–Crippen LogP) is 10.6. The molecule has 8 rings (SSSR count). The third kappa shape index (κ3) is 3.24. The van der Waals surface area contributed by atoms with E-state index in [2.05, 4.69) is 146 Å². The monoisotopic (exact) mass is 480 g/mol. The molecule has 7 aromatic rings. The molecule has 0 amide bonds. The Morgan fingerprint density at radius 1 is 0.263 bits per heavy atom. The highest BCUT2D eigenvalue weighted by atomic mass is 14.2. The van der Waals surface area contributed by atoms with Crippen LogP contribution in [0.1, 0.15) is 0 Å². The third-order valence-corrected chi connectivity index (χ3v) is 8.02. The lowest BCUT2D eigenvalue weighted by Crippen LogP contribution is -1.85. The maximum absolute atomic E-state index is 2.30. The third-order valence-electron chi connectivity index (χ3n) is 8.02. The molecule has 0 unspecified atom stereocenters. The van der Waals surface area contributed by atoms with Crippen LogP contribution in [0.5, 0.6) is 0 Å². The van der Waals surface area contributed by atoms with Gasteiger partial charge < -0.3 is 0 Å². The van der Waals surface area contributed by atoms with Crippen molar-refractivity contribution >= 4 is 21.5 Å². The predicted molar refractivity (Wildman–Crippen MR) is 162 cm³/mol. The van der Waals surface area contributed by atoms with Gasteiger partial charge >= 0.3 is 0 Å². The van der Waals surface area contributed by atoms with E-state index in [1.165, 1.54) is 77.2 Å². The molecule has 0 saturated heterocycles. The highest BCUT2D eigenvalue weighted by Crippen LogP contribution is 2.49. The van der Waals surface area contributed by atoms with Gasteiger partial charge in [-0.05, 0) is 89.3 Å². The summed E-state index contributed by atoms with van der Waals surface area (Å²) in [5.74, 6) is 0. The fourth-order valence-electron chi connectivity index (χ4n) is 6.15. The zero-order valence-corrected chi connectivity index (χ0v) is 20.9. The summed E-state index contributed by atoms with van der Waals surface area (Å²) >= 11 is 0. The molecule has 0 nitrogen and oxygen atoms in total. The van der Waals surface area contributed by atoms with Crippen LogP contribution in [0.15, 0.2) is 146 Å². The minimum Gasteiger partial charge on any atom is -0.0616 e. The van der Waals surface area contributed by atoms with Crippen molar-refractivity contribution in [3.63, 3.8) is 0 Å². The van der Waals surface area contributed by atoms with Gasteiger partial charge in [-0.2, -0.15) is 0 Å². The van der Waals surface area contributed by atoms with Crippen LogP contribution < -0.4 is 0 Å². The SMILES string of the molecule is c1cc(-c2ccc(-c3ccc4c5c(cccc35)-c3ccccc3-4)cc2)cc(-c2ccc3ccccc3c2)c1. The van der Waals surface area contributed by atoms with Crippen molar-refractivity contribution in [3.8, 4) is 55.6 Å². The number of hydrogen-bond acceptors (Lipinski definition) is 0. The second kappa shape index (κ2) is 8.30. The average molecular weight is 481 g/mol. The minimum atomic E-state index is 1.23. The summed E-state index contributed by atoms with van der Waals surface area (Å²) in [6.07, 6.45) is 0. The van der Waals surface area contributed by atoms with Gasteiger partial charge in [0.2, 0.25) is 0 Å². The summed E-state index contributed by atoms with van der Waals surface area (Å²) in [7, 11) is 0. The van der Waals surface area contributed by atoms with Crippen LogP contribution in [0, 0.1) is 0 Å². The number of hydrogen-bond donors (Lipinski definition) is 0. The van der Waals surface area contributed by atoms with Crippen molar-refractivity contribution in [2.45, 2.75) is 0 Å². The Hall–Kier alpha value is -4.94. The van der Waals surface area contributed by atoms with Crippen molar-refractivity contribution < 1.29 is 0 Å². The van der Waals surface area contributed by atoms with Gasteiger partial charge in [-0.1, -0.05) is 133 Å². The first-order valence-electron chi connectivity index (χ1n) is 13.2. The molecule has 0 fully saturated rings. The Bertz CT molecular complexity index is 1980. The van der Waals surface area contributed by atoms with Gasteiger partial charge in [0, 0.05) is 0 Å². The van der Waals surface area contributed by atoms with Crippen molar-refractivity contribution in [1.82, 2.24) is 0 Å². The number of rotatable bonds is 3. The summed E-state index contributed by atoms with van der Waals surface area (Å²) in [5, 5.41) is 5.24. The Kier molecular flexibility index (Phi) is 4.62. The summed E-state index contributed by atoms with van der Waals surface area (Å²) in [6.45, 7) is 0. The van der Waals surface area contributed by atoms with Crippen LogP contribution in [0.3, 0.4) is 0 Å². The topological polar surface area (TPSA) is 0 Å². The van der Waals surface area contributed by atoms with Gasteiger partial charge in [-0.25, -0.2) is 0 Å². The lowest BCUT2D eigenvalue weighted by molar-refractivity contribution is 1.59. The zero-order chi connectivity index (χ0) is 25.1. The minimum absolute atomic E-state index is 1.23. The van der Waals surface area contributed by atoms with Crippen LogP contribution >= 0.6 is 0 Å². The van der Waals surface area contributed by atoms with E-state index in [4.69, 9.17) is 0 Å². The quantitative estimate of drug-likeness (QED) is 0.236. The normalized spacial score (nSPS) is 11.7. The maximum Gasteiger partial charge on any atom is -0.00201 e. The number of benzene rings is 7. The molecule has 0 atom stereocenters. The summed E-state index contributed by atoms with van der Waals surface area (Å²) in [5.41, 5.74) is 12.9. The lowest BCUT2D eigenvalue weighted by Gasteiger charge is -2.11. The fraction of sp³-hybridized carbons (Fsp3) is 0. The van der Waals surface area contributed by atoms with Crippen LogP contribution in [-0.4, -0.2) is 0 Å². The molecule has 1 aliphatic rings. The van der Waals surface area contributed by atoms with Gasteiger partial charge in [-0.15, -0.1) is 0 Å². The van der Waals surface area contributed by atoms with E-state index in [1.807, 2.05) is 0 Å². The van der Waals surface area contributed by atoms with Crippen molar-refractivity contribution in [2.24, 2.45) is 0 Å². The van der Waals surface area contributed by atoms with E-state index in [-0.39, 0.29) is 0 Å². The molecule has 0 heterocycles. The molecule has 176 valence electrons. The second-order valence-corrected chi connectivity index (χ2v) is 10.2. The smallest absolute Gasteiger partial charge is 0.00201 e.